The van der Waals surface area contributed by atoms with E-state index < -0.39 is 4.92 Å². The molecule has 3 heterocycles. The number of aromatic nitrogens is 3. The van der Waals surface area contributed by atoms with E-state index in [0.717, 1.165) is 37.6 Å². The quantitative estimate of drug-likeness (QED) is 0.566. The Labute approximate surface area is 149 Å². The van der Waals surface area contributed by atoms with Crippen molar-refractivity contribution in [2.24, 2.45) is 0 Å². The molecule has 0 saturated carbocycles. The minimum absolute atomic E-state index is 0.0816. The predicted octanol–water partition coefficient (Wildman–Crippen LogP) is 2.20. The molecule has 0 bridgehead atoms. The number of benzene rings is 1. The van der Waals surface area contributed by atoms with Crippen molar-refractivity contribution in [3.05, 3.63) is 46.9 Å². The minimum Gasteiger partial charge on any atom is -0.497 e. The number of hydrogen-bond acceptors (Lipinski definition) is 7. The first kappa shape index (κ1) is 16.1. The number of rotatable bonds is 4. The molecule has 1 saturated heterocycles. The summed E-state index contributed by atoms with van der Waals surface area (Å²) in [6.45, 7) is 3.21. The highest BCUT2D eigenvalue weighted by atomic mass is 16.6. The Kier molecular flexibility index (Phi) is 4.04. The fourth-order valence-electron chi connectivity index (χ4n) is 3.25. The van der Waals surface area contributed by atoms with Gasteiger partial charge in [0, 0.05) is 31.9 Å². The number of H-pyrrole nitrogens is 1. The summed E-state index contributed by atoms with van der Waals surface area (Å²) in [6.07, 6.45) is 2.75. The number of nitrogens with one attached hydrogen (secondary N) is 1. The average Bonchev–Trinajstić information content (AvgIpc) is 3.17. The van der Waals surface area contributed by atoms with Gasteiger partial charge >= 0.3 is 5.69 Å². The van der Waals surface area contributed by atoms with Crippen molar-refractivity contribution in [1.29, 1.82) is 0 Å². The van der Waals surface area contributed by atoms with E-state index in [0.29, 0.717) is 16.9 Å². The van der Waals surface area contributed by atoms with Gasteiger partial charge in [-0.05, 0) is 24.3 Å². The highest BCUT2D eigenvalue weighted by molar-refractivity contribution is 5.92. The van der Waals surface area contributed by atoms with Gasteiger partial charge in [-0.2, -0.15) is 0 Å². The van der Waals surface area contributed by atoms with Crippen LogP contribution in [0, 0.1) is 10.1 Å². The maximum atomic E-state index is 11.1. The third-order valence-corrected chi connectivity index (χ3v) is 4.63. The largest absolute Gasteiger partial charge is 0.497 e. The first-order chi connectivity index (χ1) is 12.7. The van der Waals surface area contributed by atoms with Gasteiger partial charge in [0.15, 0.2) is 11.3 Å². The number of imidazole rings is 1. The van der Waals surface area contributed by atoms with E-state index in [1.165, 1.54) is 12.5 Å². The van der Waals surface area contributed by atoms with Gasteiger partial charge in [0.05, 0.1) is 18.4 Å². The second-order valence-corrected chi connectivity index (χ2v) is 6.02. The van der Waals surface area contributed by atoms with Gasteiger partial charge < -0.3 is 19.5 Å². The van der Waals surface area contributed by atoms with E-state index in [2.05, 4.69) is 24.8 Å². The number of nitro groups is 1. The molecule has 26 heavy (non-hydrogen) atoms. The van der Waals surface area contributed by atoms with Gasteiger partial charge in [0.1, 0.15) is 17.5 Å². The van der Waals surface area contributed by atoms with Gasteiger partial charge in [-0.25, -0.2) is 9.97 Å². The Hall–Kier alpha value is -3.36. The lowest BCUT2D eigenvalue weighted by molar-refractivity contribution is -0.383. The van der Waals surface area contributed by atoms with Crippen molar-refractivity contribution in [2.45, 2.75) is 0 Å². The first-order valence-corrected chi connectivity index (χ1v) is 8.28. The van der Waals surface area contributed by atoms with E-state index in [-0.39, 0.29) is 5.69 Å². The van der Waals surface area contributed by atoms with Gasteiger partial charge in [0.25, 0.3) is 0 Å². The van der Waals surface area contributed by atoms with Crippen molar-refractivity contribution in [2.75, 3.05) is 43.1 Å². The summed E-state index contributed by atoms with van der Waals surface area (Å²) in [7, 11) is 1.65. The second-order valence-electron chi connectivity index (χ2n) is 6.02. The molecule has 3 aromatic rings. The lowest BCUT2D eigenvalue weighted by Crippen LogP contribution is -2.46. The summed E-state index contributed by atoms with van der Waals surface area (Å²) in [5.41, 5.74) is 2.02. The van der Waals surface area contributed by atoms with Gasteiger partial charge in [0.2, 0.25) is 0 Å². The maximum Gasteiger partial charge on any atom is 0.315 e. The molecule has 4 rings (SSSR count). The summed E-state index contributed by atoms with van der Waals surface area (Å²) in [4.78, 5) is 26.5. The fraction of sp³-hybridized carbons (Fsp3) is 0.294. The average molecular weight is 354 g/mol. The molecule has 1 aromatic carbocycles. The Bertz CT molecular complexity index is 931. The van der Waals surface area contributed by atoms with Crippen LogP contribution in [-0.4, -0.2) is 53.2 Å². The lowest BCUT2D eigenvalue weighted by Gasteiger charge is -2.36. The fourth-order valence-corrected chi connectivity index (χ4v) is 3.25. The van der Waals surface area contributed by atoms with Gasteiger partial charge in [-0.1, -0.05) is 0 Å². The number of piperazine rings is 1. The summed E-state index contributed by atoms with van der Waals surface area (Å²) < 4.78 is 5.20. The van der Waals surface area contributed by atoms with Gasteiger partial charge in [-0.3, -0.25) is 10.1 Å². The number of nitrogens with zero attached hydrogens (tertiary/aromatic N) is 5. The SMILES string of the molecule is COc1ccc(N2CCN(c3ncc([N+](=O)[O-])c4nc[nH]c34)CC2)cc1. The smallest absolute Gasteiger partial charge is 0.315 e. The number of ether oxygens (including phenoxy) is 1. The molecule has 0 radical (unpaired) electrons. The molecule has 1 aliphatic rings. The van der Waals surface area contributed by atoms with Crippen LogP contribution in [0.2, 0.25) is 0 Å². The Morgan fingerprint density at radius 2 is 1.81 bits per heavy atom. The van der Waals surface area contributed by atoms with Crippen LogP contribution in [-0.2, 0) is 0 Å². The Balaban J connectivity index is 1.53. The highest BCUT2D eigenvalue weighted by Gasteiger charge is 2.24. The molecule has 0 amide bonds. The van der Waals surface area contributed by atoms with Crippen molar-refractivity contribution < 1.29 is 9.66 Å². The summed E-state index contributed by atoms with van der Waals surface area (Å²) in [5, 5.41) is 11.1. The van der Waals surface area contributed by atoms with Gasteiger partial charge in [-0.15, -0.1) is 0 Å². The number of pyridine rings is 1. The van der Waals surface area contributed by atoms with Crippen LogP contribution in [0.1, 0.15) is 0 Å². The minimum atomic E-state index is -0.457. The third-order valence-electron chi connectivity index (χ3n) is 4.63. The summed E-state index contributed by atoms with van der Waals surface area (Å²) in [6, 6.07) is 8.00. The number of hydrogen-bond donors (Lipinski definition) is 1. The Morgan fingerprint density at radius 1 is 1.12 bits per heavy atom. The zero-order valence-corrected chi connectivity index (χ0v) is 14.3. The summed E-state index contributed by atoms with van der Waals surface area (Å²) in [5.74, 6) is 1.54. The zero-order chi connectivity index (χ0) is 18.1. The number of aromatic amines is 1. The topological polar surface area (TPSA) is 100 Å². The molecule has 9 nitrogen and oxygen atoms in total. The molecule has 9 heteroatoms. The van der Waals surface area contributed by atoms with Crippen LogP contribution in [0.5, 0.6) is 5.75 Å². The third kappa shape index (κ3) is 2.77. The van der Waals surface area contributed by atoms with Crippen molar-refractivity contribution in [1.82, 2.24) is 15.0 Å². The lowest BCUT2D eigenvalue weighted by atomic mass is 10.2. The highest BCUT2D eigenvalue weighted by Crippen LogP contribution is 2.30. The van der Waals surface area contributed by atoms with E-state index >= 15 is 0 Å². The zero-order valence-electron chi connectivity index (χ0n) is 14.3. The van der Waals surface area contributed by atoms with E-state index in [1.54, 1.807) is 7.11 Å². The molecule has 2 aromatic heterocycles. The monoisotopic (exact) mass is 354 g/mol. The van der Waals surface area contributed by atoms with Crippen LogP contribution in [0.4, 0.5) is 17.2 Å². The van der Waals surface area contributed by atoms with Crippen molar-refractivity contribution in [3.63, 3.8) is 0 Å². The maximum absolute atomic E-state index is 11.1. The van der Waals surface area contributed by atoms with Crippen LogP contribution >= 0.6 is 0 Å². The van der Waals surface area contributed by atoms with Crippen molar-refractivity contribution >= 4 is 28.2 Å². The Morgan fingerprint density at radius 3 is 2.46 bits per heavy atom. The molecular formula is C17H18N6O3. The van der Waals surface area contributed by atoms with E-state index in [1.807, 2.05) is 24.3 Å². The molecule has 0 spiro atoms. The standard InChI is InChI=1S/C17H18N6O3/c1-26-13-4-2-12(3-5-13)21-6-8-22(9-7-21)17-16-15(19-11-20-16)14(10-18-17)23(24)25/h2-5,10-11H,6-9H2,1H3,(H,19,20). The van der Waals surface area contributed by atoms with Crippen LogP contribution in [0.25, 0.3) is 11.0 Å². The van der Waals surface area contributed by atoms with Crippen LogP contribution in [0.15, 0.2) is 36.8 Å². The predicted molar refractivity (Wildman–Crippen MR) is 98.0 cm³/mol. The van der Waals surface area contributed by atoms with E-state index in [9.17, 15) is 10.1 Å². The molecule has 134 valence electrons. The second kappa shape index (κ2) is 6.51. The molecular weight excluding hydrogens is 336 g/mol. The molecule has 0 aliphatic carbocycles. The number of methoxy groups -OCH3 is 1. The number of anilines is 2. The first-order valence-electron chi connectivity index (χ1n) is 8.28. The summed E-state index contributed by atoms with van der Waals surface area (Å²) >= 11 is 0. The number of fused-ring (bicyclic) bond motifs is 1. The molecule has 1 N–H and O–H groups in total. The molecule has 0 atom stereocenters. The molecule has 1 fully saturated rings. The van der Waals surface area contributed by atoms with Crippen LogP contribution < -0.4 is 14.5 Å². The van der Waals surface area contributed by atoms with Crippen molar-refractivity contribution in [3.8, 4) is 5.75 Å². The van der Waals surface area contributed by atoms with Crippen LogP contribution in [0.3, 0.4) is 0 Å². The molecule has 1 aliphatic heterocycles. The molecule has 0 unspecified atom stereocenters. The normalized spacial score (nSPS) is 14.7. The van der Waals surface area contributed by atoms with E-state index in [4.69, 9.17) is 4.74 Å².